The molecule has 7 fully saturated rings. The summed E-state index contributed by atoms with van der Waals surface area (Å²) in [5, 5.41) is 15.9. The number of carbonyl (C=O) groups excluding carboxylic acids is 1. The number of primary amides is 1. The van der Waals surface area contributed by atoms with Gasteiger partial charge in [-0.1, -0.05) is 48.5 Å². The molecule has 2 aliphatic heterocycles. The summed E-state index contributed by atoms with van der Waals surface area (Å²) < 4.78 is 25.1. The van der Waals surface area contributed by atoms with Crippen molar-refractivity contribution in [1.29, 1.82) is 0 Å². The molecule has 5 aliphatic carbocycles. The van der Waals surface area contributed by atoms with Gasteiger partial charge in [0.25, 0.3) is 0 Å². The van der Waals surface area contributed by atoms with E-state index in [1.165, 1.54) is 32.1 Å². The van der Waals surface area contributed by atoms with Gasteiger partial charge in [0.15, 0.2) is 6.29 Å². The summed E-state index contributed by atoms with van der Waals surface area (Å²) in [7, 11) is 0. The van der Waals surface area contributed by atoms with Crippen LogP contribution in [0.3, 0.4) is 0 Å². The van der Waals surface area contributed by atoms with Crippen molar-refractivity contribution in [2.45, 2.75) is 137 Å². The predicted molar refractivity (Wildman–Crippen MR) is 163 cm³/mol. The zero-order chi connectivity index (χ0) is 30.7. The van der Waals surface area contributed by atoms with E-state index in [4.69, 9.17) is 24.7 Å². The Labute approximate surface area is 258 Å². The van der Waals surface area contributed by atoms with Gasteiger partial charge in [0.2, 0.25) is 0 Å². The molecule has 14 atom stereocenters. The largest absolute Gasteiger partial charge is 0.443 e. The van der Waals surface area contributed by atoms with E-state index < -0.39 is 18.3 Å². The molecule has 0 aromatic heterocycles. The molecule has 0 radical (unpaired) electrons. The summed E-state index contributed by atoms with van der Waals surface area (Å²) in [6.07, 6.45) is 7.15. The van der Waals surface area contributed by atoms with Crippen LogP contribution in [-0.2, 0) is 18.9 Å². The van der Waals surface area contributed by atoms with Gasteiger partial charge in [-0.15, -0.1) is 0 Å². The number of amides is 1. The topological polar surface area (TPSA) is 112 Å². The standard InChI is InChI=1S/C35H58N2O6/c1-19(2)27(43-30(36)39)21-16-20(3)26-28(41-21)29(38)33(7)23-9-8-22-31(4,5)24(42-25-17-37-14-15-40-25)10-11-34(22)18-35(23,34)13-12-32(26,33)6/h19-29,37-38H,8-18H2,1-7H3,(H2,36,39)/t20-,21-,22+,23+,24?,25+,26+,27-,28+,29+,32-,33-,34-,35+/m1/s1. The summed E-state index contributed by atoms with van der Waals surface area (Å²) in [5.74, 6) is 1.87. The van der Waals surface area contributed by atoms with E-state index >= 15 is 0 Å². The molecular weight excluding hydrogens is 544 g/mol. The predicted octanol–water partition coefficient (Wildman–Crippen LogP) is 5.25. The monoisotopic (exact) mass is 602 g/mol. The van der Waals surface area contributed by atoms with Crippen LogP contribution in [0.1, 0.15) is 99.8 Å². The lowest BCUT2D eigenvalue weighted by atomic mass is 9.41. The number of ether oxygens (including phenoxy) is 4. The fourth-order valence-corrected chi connectivity index (χ4v) is 13.4. The van der Waals surface area contributed by atoms with Crippen LogP contribution in [0.4, 0.5) is 4.79 Å². The minimum atomic E-state index is -0.750. The highest BCUT2D eigenvalue weighted by Gasteiger charge is 2.84. The molecule has 7 rings (SSSR count). The maximum absolute atomic E-state index is 12.5. The van der Waals surface area contributed by atoms with Crippen molar-refractivity contribution in [1.82, 2.24) is 5.32 Å². The molecule has 43 heavy (non-hydrogen) atoms. The molecule has 0 bridgehead atoms. The van der Waals surface area contributed by atoms with Gasteiger partial charge in [0.1, 0.15) is 6.10 Å². The van der Waals surface area contributed by atoms with Gasteiger partial charge >= 0.3 is 6.09 Å². The van der Waals surface area contributed by atoms with Crippen molar-refractivity contribution in [3.05, 3.63) is 0 Å². The highest BCUT2D eigenvalue weighted by molar-refractivity contribution is 5.64. The van der Waals surface area contributed by atoms with Crippen LogP contribution >= 0.6 is 0 Å². The SMILES string of the molecule is CC(C)[C@@H](OC(N)=O)[C@H]1C[C@@H](C)[C@H]2[C@H](O1)[C@H](O)[C@@]1(C)[C@@H]3CC[C@H]4C(C)(C)C(O[C@H]5CNCCO5)CC[C@@]45C[C@@]35CC[C@]21C. The van der Waals surface area contributed by atoms with Gasteiger partial charge in [-0.2, -0.15) is 0 Å². The summed E-state index contributed by atoms with van der Waals surface area (Å²) >= 11 is 0. The Balaban J connectivity index is 1.16. The molecule has 244 valence electrons. The van der Waals surface area contributed by atoms with Gasteiger partial charge in [-0.05, 0) is 103 Å². The van der Waals surface area contributed by atoms with Gasteiger partial charge in [-0.3, -0.25) is 0 Å². The number of aliphatic hydroxyl groups excluding tert-OH is 1. The highest BCUT2D eigenvalue weighted by Crippen LogP contribution is 2.89. The van der Waals surface area contributed by atoms with E-state index in [9.17, 15) is 9.90 Å². The maximum atomic E-state index is 12.5. The van der Waals surface area contributed by atoms with Gasteiger partial charge in [-0.25, -0.2) is 4.79 Å². The summed E-state index contributed by atoms with van der Waals surface area (Å²) in [6.45, 7) is 18.7. The van der Waals surface area contributed by atoms with Crippen LogP contribution in [-0.4, -0.2) is 67.7 Å². The third kappa shape index (κ3) is 4.01. The quantitative estimate of drug-likeness (QED) is 0.394. The smallest absolute Gasteiger partial charge is 0.404 e. The summed E-state index contributed by atoms with van der Waals surface area (Å²) in [6, 6.07) is 0. The van der Waals surface area contributed by atoms with E-state index in [-0.39, 0.29) is 46.8 Å². The molecular formula is C35H58N2O6. The van der Waals surface area contributed by atoms with Crippen LogP contribution in [0.2, 0.25) is 0 Å². The fraction of sp³-hybridized carbons (Fsp3) is 0.971. The first-order valence-electron chi connectivity index (χ1n) is 17.5. The lowest BCUT2D eigenvalue weighted by molar-refractivity contribution is -0.237. The van der Waals surface area contributed by atoms with Crippen LogP contribution < -0.4 is 11.1 Å². The summed E-state index contributed by atoms with van der Waals surface area (Å²) in [5.41, 5.74) is 6.03. The zero-order valence-electron chi connectivity index (χ0n) is 27.7. The first-order valence-corrected chi connectivity index (χ1v) is 17.5. The maximum Gasteiger partial charge on any atom is 0.404 e. The number of hydrogen-bond acceptors (Lipinski definition) is 7. The van der Waals surface area contributed by atoms with E-state index in [1.807, 2.05) is 0 Å². The Kier molecular flexibility index (Phi) is 7.17. The molecule has 1 amide bonds. The Morgan fingerprint density at radius 3 is 2.44 bits per heavy atom. The second kappa shape index (κ2) is 10.0. The second-order valence-electron chi connectivity index (χ2n) is 17.3. The van der Waals surface area contributed by atoms with E-state index in [0.717, 1.165) is 39.0 Å². The molecule has 1 unspecified atom stereocenters. The molecule has 4 N–H and O–H groups in total. The van der Waals surface area contributed by atoms with Crippen molar-refractivity contribution in [3.63, 3.8) is 0 Å². The van der Waals surface area contributed by atoms with Gasteiger partial charge in [0.05, 0.1) is 31.0 Å². The minimum Gasteiger partial charge on any atom is -0.443 e. The molecule has 2 saturated heterocycles. The average Bonchev–Trinajstić information content (AvgIpc) is 3.58. The Morgan fingerprint density at radius 1 is 1.05 bits per heavy atom. The van der Waals surface area contributed by atoms with Gasteiger partial charge in [0, 0.05) is 18.5 Å². The number of rotatable bonds is 5. The number of aliphatic hydroxyl groups is 1. The van der Waals surface area contributed by atoms with Crippen molar-refractivity contribution >= 4 is 6.09 Å². The molecule has 2 spiro atoms. The number of morpholine rings is 1. The number of carbonyl (C=O) groups is 1. The Bertz CT molecular complexity index is 1110. The highest BCUT2D eigenvalue weighted by atomic mass is 16.7. The fourth-order valence-electron chi connectivity index (χ4n) is 13.4. The van der Waals surface area contributed by atoms with Crippen molar-refractivity contribution in [2.75, 3.05) is 19.7 Å². The van der Waals surface area contributed by atoms with Gasteiger partial charge < -0.3 is 35.1 Å². The molecule has 8 heteroatoms. The molecule has 8 nitrogen and oxygen atoms in total. The van der Waals surface area contributed by atoms with E-state index in [2.05, 4.69) is 53.8 Å². The van der Waals surface area contributed by atoms with Crippen LogP contribution in [0.5, 0.6) is 0 Å². The van der Waals surface area contributed by atoms with Crippen LogP contribution in [0, 0.1) is 56.7 Å². The number of nitrogens with two attached hydrogens (primary N) is 1. The lowest BCUT2D eigenvalue weighted by Gasteiger charge is -2.63. The van der Waals surface area contributed by atoms with Crippen LogP contribution in [0.25, 0.3) is 0 Å². The minimum absolute atomic E-state index is 0.00697. The first kappa shape index (κ1) is 30.7. The number of fused-ring (bicyclic) bond motifs is 4. The Hall–Kier alpha value is -0.930. The van der Waals surface area contributed by atoms with Crippen molar-refractivity contribution in [2.24, 2.45) is 62.4 Å². The summed E-state index contributed by atoms with van der Waals surface area (Å²) in [4.78, 5) is 11.8. The van der Waals surface area contributed by atoms with Crippen LogP contribution in [0.15, 0.2) is 0 Å². The lowest BCUT2D eigenvalue weighted by Crippen LogP contribution is -2.60. The third-order valence-corrected chi connectivity index (χ3v) is 15.3. The molecule has 0 aromatic rings. The van der Waals surface area contributed by atoms with E-state index in [1.54, 1.807) is 0 Å². The first-order chi connectivity index (χ1) is 20.2. The normalized spacial score (nSPS) is 53.9. The van der Waals surface area contributed by atoms with E-state index in [0.29, 0.717) is 34.5 Å². The number of hydrogen-bond donors (Lipinski definition) is 3. The van der Waals surface area contributed by atoms with Crippen molar-refractivity contribution in [3.8, 4) is 0 Å². The third-order valence-electron chi connectivity index (χ3n) is 15.3. The Morgan fingerprint density at radius 2 is 1.77 bits per heavy atom. The molecule has 5 saturated carbocycles. The molecule has 2 heterocycles. The molecule has 0 aromatic carbocycles. The molecule has 7 aliphatic rings. The second-order valence-corrected chi connectivity index (χ2v) is 17.3. The zero-order valence-corrected chi connectivity index (χ0v) is 27.7. The number of nitrogens with one attached hydrogen (secondary N) is 1. The van der Waals surface area contributed by atoms with Crippen molar-refractivity contribution < 1.29 is 28.8 Å². The average molecular weight is 603 g/mol.